The number of ether oxygens (including phenoxy) is 1. The van der Waals surface area contributed by atoms with Crippen molar-refractivity contribution in [1.82, 2.24) is 9.78 Å². The molecule has 2 N–H and O–H groups in total. The van der Waals surface area contributed by atoms with E-state index in [4.69, 9.17) is 10.5 Å². The summed E-state index contributed by atoms with van der Waals surface area (Å²) in [6, 6.07) is 6.61. The van der Waals surface area contributed by atoms with Crippen molar-refractivity contribution >= 4 is 16.9 Å². The van der Waals surface area contributed by atoms with Gasteiger partial charge in [-0.3, -0.25) is 0 Å². The molecule has 5 heteroatoms. The SMILES string of the molecule is COc1nn(C(N)=O)c2ccccc12. The molecular weight excluding hydrogens is 182 g/mol. The predicted octanol–water partition coefficient (Wildman–Crippen LogP) is 0.972. The number of carbonyl (C=O) groups is 1. The molecular formula is C9H9N3O2. The third-order valence-electron chi connectivity index (χ3n) is 1.96. The Balaban J connectivity index is 2.80. The quantitative estimate of drug-likeness (QED) is 0.730. The van der Waals surface area contributed by atoms with Crippen LogP contribution in [0.15, 0.2) is 24.3 Å². The van der Waals surface area contributed by atoms with Gasteiger partial charge in [0.25, 0.3) is 0 Å². The molecule has 0 spiro atoms. The van der Waals surface area contributed by atoms with Crippen molar-refractivity contribution in [3.8, 4) is 5.88 Å². The summed E-state index contributed by atoms with van der Waals surface area (Å²) in [6.45, 7) is 0. The van der Waals surface area contributed by atoms with Crippen LogP contribution in [-0.2, 0) is 0 Å². The van der Waals surface area contributed by atoms with Crippen LogP contribution in [0.25, 0.3) is 10.9 Å². The van der Waals surface area contributed by atoms with Gasteiger partial charge in [0.1, 0.15) is 0 Å². The summed E-state index contributed by atoms with van der Waals surface area (Å²) in [5.41, 5.74) is 5.80. The van der Waals surface area contributed by atoms with Gasteiger partial charge in [-0.05, 0) is 12.1 Å². The fourth-order valence-electron chi connectivity index (χ4n) is 1.36. The van der Waals surface area contributed by atoms with E-state index in [9.17, 15) is 4.79 Å². The van der Waals surface area contributed by atoms with Crippen molar-refractivity contribution < 1.29 is 9.53 Å². The molecule has 0 saturated carbocycles. The standard InChI is InChI=1S/C9H9N3O2/c1-14-8-6-4-2-3-5-7(6)12(11-8)9(10)13/h2-5H,1H3,(H2,10,13). The Morgan fingerprint density at radius 2 is 2.21 bits per heavy atom. The molecule has 0 bridgehead atoms. The van der Waals surface area contributed by atoms with E-state index < -0.39 is 6.03 Å². The third-order valence-corrected chi connectivity index (χ3v) is 1.96. The van der Waals surface area contributed by atoms with Gasteiger partial charge in [-0.15, -0.1) is 5.10 Å². The number of amides is 1. The Kier molecular flexibility index (Phi) is 1.85. The van der Waals surface area contributed by atoms with Gasteiger partial charge in [-0.25, -0.2) is 4.79 Å². The number of aromatic nitrogens is 2. The summed E-state index contributed by atoms with van der Waals surface area (Å²) in [6.07, 6.45) is 0. The van der Waals surface area contributed by atoms with Gasteiger partial charge >= 0.3 is 6.03 Å². The monoisotopic (exact) mass is 191 g/mol. The van der Waals surface area contributed by atoms with Crippen LogP contribution in [0.2, 0.25) is 0 Å². The number of para-hydroxylation sites is 1. The average Bonchev–Trinajstić information content (AvgIpc) is 2.56. The molecule has 2 rings (SSSR count). The van der Waals surface area contributed by atoms with Crippen LogP contribution in [0.4, 0.5) is 4.79 Å². The number of nitrogens with zero attached hydrogens (tertiary/aromatic N) is 2. The Hall–Kier alpha value is -2.04. The lowest BCUT2D eigenvalue weighted by Crippen LogP contribution is -2.20. The second-order valence-corrected chi connectivity index (χ2v) is 2.78. The van der Waals surface area contributed by atoms with E-state index in [1.807, 2.05) is 18.2 Å². The highest BCUT2D eigenvalue weighted by Gasteiger charge is 2.12. The van der Waals surface area contributed by atoms with Crippen molar-refractivity contribution in [1.29, 1.82) is 0 Å². The van der Waals surface area contributed by atoms with Gasteiger partial charge in [0.05, 0.1) is 18.0 Å². The summed E-state index contributed by atoms with van der Waals surface area (Å²) < 4.78 is 6.14. The van der Waals surface area contributed by atoms with E-state index in [0.29, 0.717) is 11.4 Å². The smallest absolute Gasteiger partial charge is 0.340 e. The number of carbonyl (C=O) groups excluding carboxylic acids is 1. The zero-order valence-corrected chi connectivity index (χ0v) is 7.60. The average molecular weight is 191 g/mol. The van der Waals surface area contributed by atoms with Crippen LogP contribution in [0.3, 0.4) is 0 Å². The Morgan fingerprint density at radius 1 is 1.50 bits per heavy atom. The van der Waals surface area contributed by atoms with Crippen LogP contribution in [0.1, 0.15) is 0 Å². The van der Waals surface area contributed by atoms with Crippen LogP contribution < -0.4 is 10.5 Å². The van der Waals surface area contributed by atoms with Crippen molar-refractivity contribution in [3.63, 3.8) is 0 Å². The van der Waals surface area contributed by atoms with Gasteiger partial charge in [0.2, 0.25) is 5.88 Å². The minimum atomic E-state index is -0.621. The molecule has 0 unspecified atom stereocenters. The zero-order chi connectivity index (χ0) is 10.1. The van der Waals surface area contributed by atoms with Crippen LogP contribution in [0.5, 0.6) is 5.88 Å². The summed E-state index contributed by atoms with van der Waals surface area (Å²) in [4.78, 5) is 11.0. The Labute approximate surface area is 80.1 Å². The van der Waals surface area contributed by atoms with Gasteiger partial charge in [-0.2, -0.15) is 4.68 Å². The molecule has 0 aliphatic carbocycles. The van der Waals surface area contributed by atoms with Crippen LogP contribution in [0, 0.1) is 0 Å². The number of benzene rings is 1. The molecule has 0 radical (unpaired) electrons. The third kappa shape index (κ3) is 1.10. The number of rotatable bonds is 1. The molecule has 14 heavy (non-hydrogen) atoms. The van der Waals surface area contributed by atoms with Crippen molar-refractivity contribution in [2.45, 2.75) is 0 Å². The van der Waals surface area contributed by atoms with E-state index in [2.05, 4.69) is 5.10 Å². The van der Waals surface area contributed by atoms with Gasteiger partial charge in [-0.1, -0.05) is 12.1 Å². The second kappa shape index (κ2) is 3.02. The first-order valence-corrected chi connectivity index (χ1v) is 4.05. The highest BCUT2D eigenvalue weighted by atomic mass is 16.5. The van der Waals surface area contributed by atoms with Crippen LogP contribution in [-0.4, -0.2) is 22.9 Å². The predicted molar refractivity (Wildman–Crippen MR) is 51.3 cm³/mol. The molecule has 5 nitrogen and oxygen atoms in total. The first-order valence-electron chi connectivity index (χ1n) is 4.05. The molecule has 0 fully saturated rings. The first-order chi connectivity index (χ1) is 6.74. The van der Waals surface area contributed by atoms with Gasteiger partial charge in [0, 0.05) is 0 Å². The highest BCUT2D eigenvalue weighted by molar-refractivity contribution is 5.92. The lowest BCUT2D eigenvalue weighted by atomic mass is 10.2. The number of primary amides is 1. The number of hydrogen-bond donors (Lipinski definition) is 1. The summed E-state index contributed by atoms with van der Waals surface area (Å²) in [5, 5.41) is 4.70. The molecule has 1 aromatic heterocycles. The number of methoxy groups -OCH3 is 1. The van der Waals surface area contributed by atoms with Gasteiger partial charge < -0.3 is 10.5 Å². The minimum absolute atomic E-state index is 0.402. The molecule has 1 aromatic carbocycles. The van der Waals surface area contributed by atoms with E-state index in [0.717, 1.165) is 10.1 Å². The lowest BCUT2D eigenvalue weighted by molar-refractivity contribution is 0.248. The number of nitrogens with two attached hydrogens (primary N) is 1. The summed E-state index contributed by atoms with van der Waals surface area (Å²) in [5.74, 6) is 0.402. The molecule has 0 atom stereocenters. The van der Waals surface area contributed by atoms with Gasteiger partial charge in [0.15, 0.2) is 0 Å². The lowest BCUT2D eigenvalue weighted by Gasteiger charge is -1.93. The normalized spacial score (nSPS) is 10.4. The fraction of sp³-hybridized carbons (Fsp3) is 0.111. The molecule has 0 aliphatic rings. The molecule has 1 heterocycles. The Bertz CT molecular complexity index is 490. The van der Waals surface area contributed by atoms with E-state index in [-0.39, 0.29) is 0 Å². The topological polar surface area (TPSA) is 70.1 Å². The van der Waals surface area contributed by atoms with E-state index in [1.165, 1.54) is 7.11 Å². The Morgan fingerprint density at radius 3 is 2.86 bits per heavy atom. The second-order valence-electron chi connectivity index (χ2n) is 2.78. The van der Waals surface area contributed by atoms with E-state index in [1.54, 1.807) is 6.07 Å². The fourth-order valence-corrected chi connectivity index (χ4v) is 1.36. The molecule has 2 aromatic rings. The minimum Gasteiger partial charge on any atom is -0.479 e. The first kappa shape index (κ1) is 8.55. The van der Waals surface area contributed by atoms with Crippen molar-refractivity contribution in [2.75, 3.05) is 7.11 Å². The molecule has 72 valence electrons. The maximum absolute atomic E-state index is 11.0. The summed E-state index contributed by atoms with van der Waals surface area (Å²) >= 11 is 0. The largest absolute Gasteiger partial charge is 0.479 e. The molecule has 1 amide bonds. The number of hydrogen-bond acceptors (Lipinski definition) is 3. The van der Waals surface area contributed by atoms with Crippen LogP contribution >= 0.6 is 0 Å². The maximum Gasteiger partial charge on any atom is 0.340 e. The molecule has 0 saturated heterocycles. The molecule has 0 aliphatic heterocycles. The van der Waals surface area contributed by atoms with Crippen molar-refractivity contribution in [2.24, 2.45) is 5.73 Å². The zero-order valence-electron chi connectivity index (χ0n) is 7.60. The summed E-state index contributed by atoms with van der Waals surface area (Å²) in [7, 11) is 1.50. The van der Waals surface area contributed by atoms with E-state index >= 15 is 0 Å². The highest BCUT2D eigenvalue weighted by Crippen LogP contribution is 2.23. The maximum atomic E-state index is 11.0. The van der Waals surface area contributed by atoms with Crippen molar-refractivity contribution in [3.05, 3.63) is 24.3 Å². The number of fused-ring (bicyclic) bond motifs is 1.